The summed E-state index contributed by atoms with van der Waals surface area (Å²) in [5.41, 5.74) is 6.39. The summed E-state index contributed by atoms with van der Waals surface area (Å²) in [6, 6.07) is 4.39. The number of methoxy groups -OCH3 is 1. The molecule has 0 fully saturated rings. The number of hydrogen-bond acceptors (Lipinski definition) is 4. The van der Waals surface area contributed by atoms with Crippen molar-refractivity contribution in [2.45, 2.75) is 39.3 Å². The van der Waals surface area contributed by atoms with E-state index in [1.165, 1.54) is 4.88 Å². The maximum Gasteiger partial charge on any atom is 0.0931 e. The van der Waals surface area contributed by atoms with Crippen molar-refractivity contribution in [3.8, 4) is 0 Å². The summed E-state index contributed by atoms with van der Waals surface area (Å²) in [5.74, 6) is 0.592. The van der Waals surface area contributed by atoms with E-state index in [2.05, 4.69) is 31.7 Å². The first-order valence-corrected chi connectivity index (χ1v) is 8.42. The summed E-state index contributed by atoms with van der Waals surface area (Å²) < 4.78 is 6.08. The standard InChI is InChI=1S/C15H27ClN2OS/c1-5-12(17)15(13-6-7-14(16)20-13)18(8-9-19-4)10-11(2)3/h6-7,11-12,15H,5,8-10,17H2,1-4H3. The molecule has 2 atom stereocenters. The van der Waals surface area contributed by atoms with Gasteiger partial charge in [0, 0.05) is 31.1 Å². The summed E-state index contributed by atoms with van der Waals surface area (Å²) in [7, 11) is 1.74. The van der Waals surface area contributed by atoms with Crippen LogP contribution in [0.2, 0.25) is 4.34 Å². The van der Waals surface area contributed by atoms with Gasteiger partial charge in [0.25, 0.3) is 0 Å². The normalized spacial score (nSPS) is 15.0. The number of rotatable bonds is 9. The highest BCUT2D eigenvalue weighted by Crippen LogP contribution is 2.33. The molecule has 5 heteroatoms. The Bertz CT molecular complexity index is 384. The molecule has 20 heavy (non-hydrogen) atoms. The molecule has 0 spiro atoms. The van der Waals surface area contributed by atoms with Crippen molar-refractivity contribution in [2.75, 3.05) is 26.8 Å². The molecule has 0 bridgehead atoms. The van der Waals surface area contributed by atoms with Crippen LogP contribution in [0.25, 0.3) is 0 Å². The van der Waals surface area contributed by atoms with E-state index in [1.54, 1.807) is 18.4 Å². The minimum absolute atomic E-state index is 0.111. The molecule has 1 aromatic rings. The van der Waals surface area contributed by atoms with Crippen molar-refractivity contribution >= 4 is 22.9 Å². The zero-order valence-electron chi connectivity index (χ0n) is 12.9. The molecule has 2 unspecified atom stereocenters. The van der Waals surface area contributed by atoms with Gasteiger partial charge in [-0.3, -0.25) is 4.90 Å². The third-order valence-corrected chi connectivity index (χ3v) is 4.64. The van der Waals surface area contributed by atoms with Gasteiger partial charge in [-0.2, -0.15) is 0 Å². The van der Waals surface area contributed by atoms with E-state index in [0.29, 0.717) is 5.92 Å². The van der Waals surface area contributed by atoms with Crippen molar-refractivity contribution in [2.24, 2.45) is 11.7 Å². The Hall–Kier alpha value is -0.130. The monoisotopic (exact) mass is 318 g/mol. The number of halogens is 1. The first-order valence-electron chi connectivity index (χ1n) is 7.23. The van der Waals surface area contributed by atoms with Crippen LogP contribution in [0.3, 0.4) is 0 Å². The molecule has 116 valence electrons. The molecule has 1 rings (SSSR count). The van der Waals surface area contributed by atoms with E-state index in [1.807, 2.05) is 6.07 Å². The average Bonchev–Trinajstić information content (AvgIpc) is 2.81. The predicted molar refractivity (Wildman–Crippen MR) is 88.6 cm³/mol. The molecule has 2 N–H and O–H groups in total. The van der Waals surface area contributed by atoms with Crippen LogP contribution in [0.5, 0.6) is 0 Å². The third kappa shape index (κ3) is 5.34. The minimum Gasteiger partial charge on any atom is -0.383 e. The second-order valence-corrected chi connectivity index (χ2v) is 7.29. The van der Waals surface area contributed by atoms with Gasteiger partial charge in [-0.05, 0) is 24.5 Å². The Morgan fingerprint density at radius 3 is 2.55 bits per heavy atom. The molecule has 0 aliphatic heterocycles. The van der Waals surface area contributed by atoms with Crippen molar-refractivity contribution < 1.29 is 4.74 Å². The van der Waals surface area contributed by atoms with E-state index in [4.69, 9.17) is 22.1 Å². The molecule has 0 saturated carbocycles. The molecule has 1 heterocycles. The number of hydrogen-bond donors (Lipinski definition) is 1. The Balaban J connectivity index is 2.97. The lowest BCUT2D eigenvalue weighted by atomic mass is 10.0. The van der Waals surface area contributed by atoms with Crippen molar-refractivity contribution in [1.29, 1.82) is 0 Å². The molecule has 0 aliphatic rings. The highest BCUT2D eigenvalue weighted by Gasteiger charge is 2.27. The van der Waals surface area contributed by atoms with E-state index in [-0.39, 0.29) is 12.1 Å². The second kappa shape index (κ2) is 9.00. The number of thiophene rings is 1. The van der Waals surface area contributed by atoms with Crippen LogP contribution in [-0.4, -0.2) is 37.7 Å². The lowest BCUT2D eigenvalue weighted by Gasteiger charge is -2.35. The van der Waals surface area contributed by atoms with Gasteiger partial charge in [0.05, 0.1) is 17.0 Å². The Kier molecular flexibility index (Phi) is 8.07. The van der Waals surface area contributed by atoms with Crippen molar-refractivity contribution in [3.05, 3.63) is 21.3 Å². The van der Waals surface area contributed by atoms with E-state index in [9.17, 15) is 0 Å². The van der Waals surface area contributed by atoms with Gasteiger partial charge in [0.2, 0.25) is 0 Å². The fourth-order valence-electron chi connectivity index (χ4n) is 2.39. The number of ether oxygens (including phenoxy) is 1. The van der Waals surface area contributed by atoms with Gasteiger partial charge in [0.1, 0.15) is 0 Å². The third-order valence-electron chi connectivity index (χ3n) is 3.34. The smallest absolute Gasteiger partial charge is 0.0931 e. The quantitative estimate of drug-likeness (QED) is 0.753. The minimum atomic E-state index is 0.111. The summed E-state index contributed by atoms with van der Waals surface area (Å²) in [6.45, 7) is 9.22. The molecule has 1 aromatic heterocycles. The second-order valence-electron chi connectivity index (χ2n) is 5.54. The molecule has 0 aliphatic carbocycles. The van der Waals surface area contributed by atoms with Crippen LogP contribution < -0.4 is 5.73 Å². The molecule has 0 aromatic carbocycles. The summed E-state index contributed by atoms with van der Waals surface area (Å²) in [5, 5.41) is 0. The largest absolute Gasteiger partial charge is 0.383 e. The van der Waals surface area contributed by atoms with Crippen molar-refractivity contribution in [1.82, 2.24) is 4.90 Å². The molecule has 0 saturated heterocycles. The van der Waals surface area contributed by atoms with Gasteiger partial charge in [-0.1, -0.05) is 32.4 Å². The lowest BCUT2D eigenvalue weighted by Crippen LogP contribution is -2.43. The molecule has 0 radical (unpaired) electrons. The summed E-state index contributed by atoms with van der Waals surface area (Å²) in [4.78, 5) is 3.69. The molecule has 3 nitrogen and oxygen atoms in total. The molecular weight excluding hydrogens is 292 g/mol. The van der Waals surface area contributed by atoms with E-state index in [0.717, 1.165) is 30.5 Å². The van der Waals surface area contributed by atoms with Gasteiger partial charge >= 0.3 is 0 Å². The number of nitrogens with two attached hydrogens (primary N) is 1. The average molecular weight is 319 g/mol. The van der Waals surface area contributed by atoms with Crippen LogP contribution in [0.4, 0.5) is 0 Å². The summed E-state index contributed by atoms with van der Waals surface area (Å²) >= 11 is 7.73. The molecular formula is C15H27ClN2OS. The van der Waals surface area contributed by atoms with Crippen molar-refractivity contribution in [3.63, 3.8) is 0 Å². The Labute approximate surface area is 132 Å². The predicted octanol–water partition coefficient (Wildman–Crippen LogP) is 3.78. The first kappa shape index (κ1) is 17.9. The van der Waals surface area contributed by atoms with Crippen LogP contribution >= 0.6 is 22.9 Å². The zero-order valence-corrected chi connectivity index (χ0v) is 14.5. The summed E-state index contributed by atoms with van der Waals surface area (Å²) in [6.07, 6.45) is 0.946. The Morgan fingerprint density at radius 2 is 2.10 bits per heavy atom. The van der Waals surface area contributed by atoms with Gasteiger partial charge < -0.3 is 10.5 Å². The number of nitrogens with zero attached hydrogens (tertiary/aromatic N) is 1. The van der Waals surface area contributed by atoms with Crippen LogP contribution in [0, 0.1) is 5.92 Å². The fraction of sp³-hybridized carbons (Fsp3) is 0.733. The Morgan fingerprint density at radius 1 is 1.40 bits per heavy atom. The van der Waals surface area contributed by atoms with Gasteiger partial charge in [-0.15, -0.1) is 11.3 Å². The van der Waals surface area contributed by atoms with Crippen LogP contribution in [0.1, 0.15) is 38.1 Å². The molecule has 0 amide bonds. The van der Waals surface area contributed by atoms with Gasteiger partial charge in [-0.25, -0.2) is 0 Å². The maximum absolute atomic E-state index is 6.39. The highest BCUT2D eigenvalue weighted by molar-refractivity contribution is 7.16. The maximum atomic E-state index is 6.39. The lowest BCUT2D eigenvalue weighted by molar-refractivity contribution is 0.0989. The van der Waals surface area contributed by atoms with E-state index < -0.39 is 0 Å². The first-order chi connectivity index (χ1) is 9.49. The van der Waals surface area contributed by atoms with Crippen LogP contribution in [-0.2, 0) is 4.74 Å². The fourth-order valence-corrected chi connectivity index (χ4v) is 3.67. The van der Waals surface area contributed by atoms with E-state index >= 15 is 0 Å². The topological polar surface area (TPSA) is 38.5 Å². The van der Waals surface area contributed by atoms with Crippen LogP contribution in [0.15, 0.2) is 12.1 Å². The van der Waals surface area contributed by atoms with Gasteiger partial charge in [0.15, 0.2) is 0 Å². The SMILES string of the molecule is CCC(N)C(c1ccc(Cl)s1)N(CCOC)CC(C)C. The zero-order chi connectivity index (χ0) is 15.1. The highest BCUT2D eigenvalue weighted by atomic mass is 35.5.